The number of guanidine groups is 1. The first-order chi connectivity index (χ1) is 15.6. The number of para-hydroxylation sites is 1. The molecule has 0 spiro atoms. The van der Waals surface area contributed by atoms with Gasteiger partial charge in [-0.1, -0.05) is 18.2 Å². The second-order valence-corrected chi connectivity index (χ2v) is 8.11. The van der Waals surface area contributed by atoms with Crippen LogP contribution in [0.15, 0.2) is 47.5 Å². The van der Waals surface area contributed by atoms with Crippen LogP contribution < -0.4 is 20.4 Å². The molecule has 0 saturated carbocycles. The summed E-state index contributed by atoms with van der Waals surface area (Å²) in [5, 5.41) is 6.69. The zero-order valence-corrected chi connectivity index (χ0v) is 18.5. The second kappa shape index (κ2) is 10.6. The summed E-state index contributed by atoms with van der Waals surface area (Å²) in [5.74, 6) is -0.330. The maximum atomic E-state index is 14.1. The third kappa shape index (κ3) is 5.48. The van der Waals surface area contributed by atoms with Crippen molar-refractivity contribution in [2.24, 2.45) is 4.99 Å². The average molecular weight is 444 g/mol. The van der Waals surface area contributed by atoms with E-state index in [4.69, 9.17) is 9.73 Å². The van der Waals surface area contributed by atoms with Crippen molar-refractivity contribution < 1.29 is 13.5 Å². The largest absolute Gasteiger partial charge is 0.378 e. The zero-order valence-electron chi connectivity index (χ0n) is 18.5. The normalized spacial score (nSPS) is 19.3. The number of nitrogens with zero attached hydrogens (tertiary/aromatic N) is 3. The molecule has 0 amide bonds. The summed E-state index contributed by atoms with van der Waals surface area (Å²) in [6, 6.07) is 12.5. The molecule has 1 atom stereocenters. The molecule has 172 valence electrons. The monoisotopic (exact) mass is 443 g/mol. The number of hydrogen-bond donors (Lipinski definition) is 2. The molecular formula is C24H31F2N5O. The lowest BCUT2D eigenvalue weighted by atomic mass is 10.2. The average Bonchev–Trinajstić information content (AvgIpc) is 3.26. The minimum atomic E-state index is -0.522. The number of morpholine rings is 1. The van der Waals surface area contributed by atoms with Crippen LogP contribution in [-0.2, 0) is 11.3 Å². The number of aliphatic imine (C=N–C) groups is 1. The number of rotatable bonds is 6. The van der Waals surface area contributed by atoms with E-state index in [-0.39, 0.29) is 11.7 Å². The van der Waals surface area contributed by atoms with Crippen molar-refractivity contribution in [3.8, 4) is 0 Å². The van der Waals surface area contributed by atoms with Crippen LogP contribution >= 0.6 is 0 Å². The minimum absolute atomic E-state index is 0.0547. The molecule has 4 rings (SSSR count). The number of hydrogen-bond acceptors (Lipinski definition) is 4. The van der Waals surface area contributed by atoms with Gasteiger partial charge in [-0.25, -0.2) is 13.8 Å². The molecule has 2 fully saturated rings. The molecule has 0 aromatic heterocycles. The predicted molar refractivity (Wildman–Crippen MR) is 124 cm³/mol. The molecule has 0 radical (unpaired) electrons. The number of ether oxygens (including phenoxy) is 1. The minimum Gasteiger partial charge on any atom is -0.378 e. The van der Waals surface area contributed by atoms with Crippen LogP contribution in [0.4, 0.5) is 20.2 Å². The topological polar surface area (TPSA) is 52.1 Å². The van der Waals surface area contributed by atoms with Crippen molar-refractivity contribution in [3.63, 3.8) is 0 Å². The molecular weight excluding hydrogens is 412 g/mol. The second-order valence-electron chi connectivity index (χ2n) is 8.11. The molecule has 0 aliphatic carbocycles. The maximum Gasteiger partial charge on any atom is 0.191 e. The van der Waals surface area contributed by atoms with Crippen LogP contribution in [0.1, 0.15) is 18.9 Å². The van der Waals surface area contributed by atoms with Gasteiger partial charge in [0.1, 0.15) is 17.3 Å². The Morgan fingerprint density at radius 3 is 2.44 bits per heavy atom. The highest BCUT2D eigenvalue weighted by Gasteiger charge is 2.27. The standard InChI is InChI=1S/C24H31F2N5O/c1-2-27-24(28-16-18-6-8-20(9-7-18)30-12-14-32-15-13-30)29-19-10-11-31(17-19)23-21(25)4-3-5-22(23)26/h3-9,19H,2,10-17H2,1H3,(H2,27,28,29). The van der Waals surface area contributed by atoms with Gasteiger partial charge >= 0.3 is 0 Å². The van der Waals surface area contributed by atoms with Crippen LogP contribution in [0.5, 0.6) is 0 Å². The van der Waals surface area contributed by atoms with Gasteiger partial charge < -0.3 is 25.2 Å². The highest BCUT2D eigenvalue weighted by Crippen LogP contribution is 2.26. The van der Waals surface area contributed by atoms with Gasteiger partial charge in [-0.3, -0.25) is 0 Å². The van der Waals surface area contributed by atoms with E-state index in [0.29, 0.717) is 25.6 Å². The van der Waals surface area contributed by atoms with Gasteiger partial charge in [0.2, 0.25) is 0 Å². The highest BCUT2D eigenvalue weighted by molar-refractivity contribution is 5.80. The molecule has 2 saturated heterocycles. The van der Waals surface area contributed by atoms with Crippen LogP contribution in [0.25, 0.3) is 0 Å². The third-order valence-corrected chi connectivity index (χ3v) is 5.86. The van der Waals surface area contributed by atoms with E-state index < -0.39 is 11.6 Å². The van der Waals surface area contributed by atoms with Crippen molar-refractivity contribution in [2.45, 2.75) is 25.9 Å². The van der Waals surface area contributed by atoms with Gasteiger partial charge in [0.05, 0.1) is 19.8 Å². The molecule has 2 N–H and O–H groups in total. The van der Waals surface area contributed by atoms with E-state index in [2.05, 4.69) is 39.8 Å². The summed E-state index contributed by atoms with van der Waals surface area (Å²) in [6.07, 6.45) is 0.784. The summed E-state index contributed by atoms with van der Waals surface area (Å²) >= 11 is 0. The Kier molecular flexibility index (Phi) is 7.42. The first-order valence-electron chi connectivity index (χ1n) is 11.3. The van der Waals surface area contributed by atoms with E-state index in [0.717, 1.165) is 44.8 Å². The fourth-order valence-corrected chi connectivity index (χ4v) is 4.19. The molecule has 2 aromatic carbocycles. The number of anilines is 2. The SMILES string of the molecule is CCNC(=NCc1ccc(N2CCOCC2)cc1)NC1CCN(c2c(F)cccc2F)C1. The Hall–Kier alpha value is -2.87. The van der Waals surface area contributed by atoms with Crippen molar-refractivity contribution in [1.29, 1.82) is 0 Å². The first-order valence-corrected chi connectivity index (χ1v) is 11.3. The van der Waals surface area contributed by atoms with Crippen molar-refractivity contribution in [1.82, 2.24) is 10.6 Å². The molecule has 0 bridgehead atoms. The smallest absolute Gasteiger partial charge is 0.191 e. The van der Waals surface area contributed by atoms with Gasteiger partial charge in [-0.2, -0.15) is 0 Å². The summed E-state index contributed by atoms with van der Waals surface area (Å²) < 4.78 is 33.7. The Labute approximate surface area is 188 Å². The van der Waals surface area contributed by atoms with Crippen molar-refractivity contribution >= 4 is 17.3 Å². The Balaban J connectivity index is 1.35. The quantitative estimate of drug-likeness (QED) is 0.531. The molecule has 2 aliphatic rings. The first kappa shape index (κ1) is 22.3. The summed E-state index contributed by atoms with van der Waals surface area (Å²) in [7, 11) is 0. The molecule has 2 aliphatic heterocycles. The van der Waals surface area contributed by atoms with Gasteiger partial charge in [0, 0.05) is 44.5 Å². The molecule has 2 aromatic rings. The number of halogens is 2. The Bertz CT molecular complexity index is 895. The van der Waals surface area contributed by atoms with Gasteiger partial charge in [0.15, 0.2) is 5.96 Å². The Morgan fingerprint density at radius 2 is 1.75 bits per heavy atom. The van der Waals surface area contributed by atoms with E-state index in [1.165, 1.54) is 23.9 Å². The zero-order chi connectivity index (χ0) is 22.3. The van der Waals surface area contributed by atoms with Gasteiger partial charge in [-0.05, 0) is 43.2 Å². The lowest BCUT2D eigenvalue weighted by Crippen LogP contribution is -2.44. The van der Waals surface area contributed by atoms with Crippen molar-refractivity contribution in [3.05, 3.63) is 59.7 Å². The van der Waals surface area contributed by atoms with Crippen LogP contribution in [0, 0.1) is 11.6 Å². The fourth-order valence-electron chi connectivity index (χ4n) is 4.19. The van der Waals surface area contributed by atoms with Crippen LogP contribution in [0.2, 0.25) is 0 Å². The Morgan fingerprint density at radius 1 is 1.03 bits per heavy atom. The lowest BCUT2D eigenvalue weighted by molar-refractivity contribution is 0.122. The highest BCUT2D eigenvalue weighted by atomic mass is 19.1. The van der Waals surface area contributed by atoms with Crippen LogP contribution in [-0.4, -0.2) is 57.9 Å². The molecule has 2 heterocycles. The molecule has 8 heteroatoms. The summed E-state index contributed by atoms with van der Waals surface area (Å²) in [6.45, 7) is 7.80. The van der Waals surface area contributed by atoms with E-state index >= 15 is 0 Å². The molecule has 1 unspecified atom stereocenters. The fraction of sp³-hybridized carbons (Fsp3) is 0.458. The van der Waals surface area contributed by atoms with Gasteiger partial charge in [-0.15, -0.1) is 0 Å². The van der Waals surface area contributed by atoms with Gasteiger partial charge in [0.25, 0.3) is 0 Å². The predicted octanol–water partition coefficient (Wildman–Crippen LogP) is 3.14. The molecule has 32 heavy (non-hydrogen) atoms. The summed E-state index contributed by atoms with van der Waals surface area (Å²) in [4.78, 5) is 8.80. The molecule has 6 nitrogen and oxygen atoms in total. The number of nitrogens with one attached hydrogen (secondary N) is 2. The maximum absolute atomic E-state index is 14.1. The lowest BCUT2D eigenvalue weighted by Gasteiger charge is -2.28. The van der Waals surface area contributed by atoms with E-state index in [1.54, 1.807) is 4.90 Å². The van der Waals surface area contributed by atoms with Crippen molar-refractivity contribution in [2.75, 3.05) is 55.7 Å². The van der Waals surface area contributed by atoms with E-state index in [1.807, 2.05) is 6.92 Å². The number of benzene rings is 2. The summed E-state index contributed by atoms with van der Waals surface area (Å²) in [5.41, 5.74) is 2.39. The van der Waals surface area contributed by atoms with E-state index in [9.17, 15) is 8.78 Å². The third-order valence-electron chi connectivity index (χ3n) is 5.86. The van der Waals surface area contributed by atoms with Crippen LogP contribution in [0.3, 0.4) is 0 Å².